The minimum Gasteiger partial charge on any atom is -0.497 e. The Labute approximate surface area is 144 Å². The molecule has 1 saturated heterocycles. The van der Waals surface area contributed by atoms with Gasteiger partial charge in [0.15, 0.2) is 5.17 Å². The number of anilines is 1. The second kappa shape index (κ2) is 8.49. The van der Waals surface area contributed by atoms with E-state index in [4.69, 9.17) is 4.74 Å². The second-order valence-electron chi connectivity index (χ2n) is 5.17. The van der Waals surface area contributed by atoms with Crippen molar-refractivity contribution in [3.8, 4) is 5.75 Å². The third-order valence-electron chi connectivity index (χ3n) is 3.34. The van der Waals surface area contributed by atoms with Crippen LogP contribution in [0.5, 0.6) is 5.75 Å². The van der Waals surface area contributed by atoms with Gasteiger partial charge in [0.1, 0.15) is 11.0 Å². The maximum atomic E-state index is 12.1. The summed E-state index contributed by atoms with van der Waals surface area (Å²) in [5.41, 5.74) is 1.53. The van der Waals surface area contributed by atoms with Crippen molar-refractivity contribution < 1.29 is 14.3 Å². The van der Waals surface area contributed by atoms with Crippen LogP contribution in [0.25, 0.3) is 0 Å². The van der Waals surface area contributed by atoms with Crippen LogP contribution in [0.3, 0.4) is 0 Å². The predicted molar refractivity (Wildman–Crippen MR) is 96.6 cm³/mol. The number of amidine groups is 1. The van der Waals surface area contributed by atoms with E-state index in [0.29, 0.717) is 16.6 Å². The highest BCUT2D eigenvalue weighted by Crippen LogP contribution is 2.23. The van der Waals surface area contributed by atoms with Gasteiger partial charge in [0, 0.05) is 17.8 Å². The molecule has 0 aliphatic carbocycles. The average Bonchev–Trinajstić information content (AvgIpc) is 2.93. The Balaban J connectivity index is 1.90. The first-order valence-corrected chi connectivity index (χ1v) is 8.42. The maximum absolute atomic E-state index is 12.1. The molecule has 7 nitrogen and oxygen atoms in total. The molecule has 2 rings (SSSR count). The highest BCUT2D eigenvalue weighted by molar-refractivity contribution is 8.15. The topological polar surface area (TPSA) is 92.2 Å². The summed E-state index contributed by atoms with van der Waals surface area (Å²) in [5, 5.41) is 13.3. The molecular weight excluding hydrogens is 328 g/mol. The molecule has 24 heavy (non-hydrogen) atoms. The lowest BCUT2D eigenvalue weighted by Crippen LogP contribution is -2.28. The maximum Gasteiger partial charge on any atom is 0.240 e. The number of hydrogen-bond acceptors (Lipinski definition) is 6. The van der Waals surface area contributed by atoms with Gasteiger partial charge in [-0.2, -0.15) is 5.10 Å². The van der Waals surface area contributed by atoms with Crippen LogP contribution in [0, 0.1) is 0 Å². The number of nitrogens with zero attached hydrogens (tertiary/aromatic N) is 2. The summed E-state index contributed by atoms with van der Waals surface area (Å²) in [4.78, 5) is 24.0. The van der Waals surface area contributed by atoms with Crippen molar-refractivity contribution in [2.75, 3.05) is 12.4 Å². The SMILES string of the molecule is CC/C(C)=N\N=C1/NC(=O)[C@H](CC(=O)Nc2ccc(OC)cc2)S1. The van der Waals surface area contributed by atoms with E-state index in [1.807, 2.05) is 13.8 Å². The number of nitrogens with one attached hydrogen (secondary N) is 2. The number of carbonyl (C=O) groups excluding carboxylic acids is 2. The van der Waals surface area contributed by atoms with E-state index < -0.39 is 5.25 Å². The molecule has 0 bridgehead atoms. The minimum atomic E-state index is -0.501. The van der Waals surface area contributed by atoms with Crippen molar-refractivity contribution in [1.29, 1.82) is 0 Å². The average molecular weight is 348 g/mol. The number of carbonyl (C=O) groups is 2. The summed E-state index contributed by atoms with van der Waals surface area (Å²) >= 11 is 1.22. The molecule has 128 valence electrons. The second-order valence-corrected chi connectivity index (χ2v) is 6.36. The summed E-state index contributed by atoms with van der Waals surface area (Å²) < 4.78 is 5.06. The van der Waals surface area contributed by atoms with E-state index in [-0.39, 0.29) is 18.2 Å². The van der Waals surface area contributed by atoms with Crippen molar-refractivity contribution in [1.82, 2.24) is 5.32 Å². The fourth-order valence-electron chi connectivity index (χ4n) is 1.84. The van der Waals surface area contributed by atoms with Crippen LogP contribution in [-0.2, 0) is 9.59 Å². The monoisotopic (exact) mass is 348 g/mol. The van der Waals surface area contributed by atoms with E-state index in [0.717, 1.165) is 12.1 Å². The molecule has 1 heterocycles. The lowest BCUT2D eigenvalue weighted by molar-refractivity contribution is -0.122. The van der Waals surface area contributed by atoms with Crippen LogP contribution in [0.4, 0.5) is 5.69 Å². The van der Waals surface area contributed by atoms with Gasteiger partial charge >= 0.3 is 0 Å². The first-order chi connectivity index (χ1) is 11.5. The lowest BCUT2D eigenvalue weighted by atomic mass is 10.2. The van der Waals surface area contributed by atoms with Crippen molar-refractivity contribution in [2.45, 2.75) is 31.9 Å². The molecule has 0 unspecified atom stereocenters. The zero-order valence-corrected chi connectivity index (χ0v) is 14.6. The molecule has 1 aromatic carbocycles. The fourth-order valence-corrected chi connectivity index (χ4v) is 2.76. The van der Waals surface area contributed by atoms with Gasteiger partial charge < -0.3 is 15.4 Å². The molecule has 8 heteroatoms. The lowest BCUT2D eigenvalue weighted by Gasteiger charge is -2.08. The van der Waals surface area contributed by atoms with E-state index in [1.165, 1.54) is 11.8 Å². The summed E-state index contributed by atoms with van der Waals surface area (Å²) in [6, 6.07) is 7.00. The minimum absolute atomic E-state index is 0.0675. The van der Waals surface area contributed by atoms with Gasteiger partial charge in [-0.25, -0.2) is 0 Å². The van der Waals surface area contributed by atoms with Crippen LogP contribution in [0.2, 0.25) is 0 Å². The van der Waals surface area contributed by atoms with E-state index in [1.54, 1.807) is 31.4 Å². The number of rotatable bonds is 6. The van der Waals surface area contributed by atoms with Crippen LogP contribution in [0.1, 0.15) is 26.7 Å². The molecule has 1 atom stereocenters. The third kappa shape index (κ3) is 5.09. The number of thioether (sulfide) groups is 1. The molecule has 2 amide bonds. The first kappa shape index (κ1) is 18.0. The Kier molecular flexibility index (Phi) is 6.36. The smallest absolute Gasteiger partial charge is 0.240 e. The van der Waals surface area contributed by atoms with Crippen LogP contribution < -0.4 is 15.4 Å². The van der Waals surface area contributed by atoms with Gasteiger partial charge in [-0.1, -0.05) is 18.7 Å². The number of hydrogen-bond donors (Lipinski definition) is 2. The Morgan fingerprint density at radius 2 is 2.08 bits per heavy atom. The van der Waals surface area contributed by atoms with Crippen LogP contribution in [0.15, 0.2) is 34.5 Å². The molecule has 1 aromatic rings. The summed E-state index contributed by atoms with van der Waals surface area (Å²) in [6.45, 7) is 3.84. The standard InChI is InChI=1S/C16H20N4O3S/c1-4-10(2)19-20-16-18-15(22)13(24-16)9-14(21)17-11-5-7-12(23-3)8-6-11/h5-8,13H,4,9H2,1-3H3,(H,17,21)(H,18,20,22)/b19-10-/t13-/m0/s1. The van der Waals surface area contributed by atoms with E-state index in [2.05, 4.69) is 20.8 Å². The molecular formula is C16H20N4O3S. The number of methoxy groups -OCH3 is 1. The van der Waals surface area contributed by atoms with Gasteiger partial charge in [0.2, 0.25) is 11.8 Å². The number of amides is 2. The Bertz CT molecular complexity index is 670. The zero-order chi connectivity index (χ0) is 17.5. The summed E-state index contributed by atoms with van der Waals surface area (Å²) in [6.07, 6.45) is 0.862. The quantitative estimate of drug-likeness (QED) is 0.610. The number of benzene rings is 1. The Hall–Kier alpha value is -2.35. The normalized spacial score (nSPS) is 19.3. The van der Waals surface area contributed by atoms with Crippen LogP contribution in [-0.4, -0.2) is 35.1 Å². The summed E-state index contributed by atoms with van der Waals surface area (Å²) in [5.74, 6) is 0.248. The Morgan fingerprint density at radius 1 is 1.38 bits per heavy atom. The highest BCUT2D eigenvalue weighted by Gasteiger charge is 2.32. The van der Waals surface area contributed by atoms with E-state index >= 15 is 0 Å². The molecule has 0 spiro atoms. The highest BCUT2D eigenvalue weighted by atomic mass is 32.2. The molecule has 2 N–H and O–H groups in total. The van der Waals surface area contributed by atoms with Crippen molar-refractivity contribution >= 4 is 40.1 Å². The van der Waals surface area contributed by atoms with Gasteiger partial charge in [-0.15, -0.1) is 5.10 Å². The van der Waals surface area contributed by atoms with E-state index in [9.17, 15) is 9.59 Å². The van der Waals surface area contributed by atoms with Gasteiger partial charge in [-0.3, -0.25) is 9.59 Å². The fraction of sp³-hybridized carbons (Fsp3) is 0.375. The van der Waals surface area contributed by atoms with Crippen molar-refractivity contribution in [3.05, 3.63) is 24.3 Å². The van der Waals surface area contributed by atoms with Crippen molar-refractivity contribution in [3.63, 3.8) is 0 Å². The van der Waals surface area contributed by atoms with Gasteiger partial charge in [-0.05, 0) is 37.6 Å². The molecule has 1 aliphatic rings. The van der Waals surface area contributed by atoms with Gasteiger partial charge in [0.25, 0.3) is 0 Å². The van der Waals surface area contributed by atoms with Crippen LogP contribution >= 0.6 is 11.8 Å². The van der Waals surface area contributed by atoms with Gasteiger partial charge in [0.05, 0.1) is 7.11 Å². The van der Waals surface area contributed by atoms with Crippen molar-refractivity contribution in [2.24, 2.45) is 10.2 Å². The molecule has 0 saturated carbocycles. The molecule has 0 aromatic heterocycles. The zero-order valence-electron chi connectivity index (χ0n) is 13.8. The number of ether oxygens (including phenoxy) is 1. The molecule has 1 aliphatic heterocycles. The molecule has 0 radical (unpaired) electrons. The molecule has 1 fully saturated rings. The Morgan fingerprint density at radius 3 is 2.71 bits per heavy atom. The summed E-state index contributed by atoms with van der Waals surface area (Å²) in [7, 11) is 1.58. The third-order valence-corrected chi connectivity index (χ3v) is 4.42. The largest absolute Gasteiger partial charge is 0.497 e. The first-order valence-electron chi connectivity index (χ1n) is 7.54. The predicted octanol–water partition coefficient (Wildman–Crippen LogP) is 2.40.